The average Bonchev–Trinajstić information content (AvgIpc) is 3.09. The molecule has 3 aliphatic rings. The molecule has 0 aromatic heterocycles. The molecule has 0 saturated heterocycles. The molecule has 0 bridgehead atoms. The Kier molecular flexibility index (Phi) is 7.38. The Morgan fingerprint density at radius 1 is 0.913 bits per heavy atom. The van der Waals surface area contributed by atoms with E-state index in [0.717, 1.165) is 0 Å². The van der Waals surface area contributed by atoms with E-state index in [1.54, 1.807) is 10.8 Å². The standard InChI is InChI=1S/C14H26OSi2.C5H5.Co/c1-16(2,3)13-10-11-8-7-9-12(11)15-14(13)17(4,5)6;1-2-4-5-3-1;/h10,12H,7-9H2,1-6H3;1-5H;. The van der Waals surface area contributed by atoms with Crippen molar-refractivity contribution in [2.75, 3.05) is 0 Å². The number of fused-ring (bicyclic) bond motifs is 1. The summed E-state index contributed by atoms with van der Waals surface area (Å²) in [6, 6.07) is 0. The van der Waals surface area contributed by atoms with Gasteiger partial charge in [-0.1, -0.05) is 69.7 Å². The van der Waals surface area contributed by atoms with E-state index in [-0.39, 0.29) is 16.8 Å². The normalized spacial score (nSPS) is 22.7. The molecule has 0 N–H and O–H groups in total. The first-order chi connectivity index (χ1) is 10.2. The fourth-order valence-electron chi connectivity index (χ4n) is 3.05. The fraction of sp³-hybridized carbons (Fsp3) is 0.526. The topological polar surface area (TPSA) is 9.23 Å². The number of allylic oxidation sites excluding steroid dienone is 6. The van der Waals surface area contributed by atoms with Crippen molar-refractivity contribution in [3.8, 4) is 0 Å². The second-order valence-corrected chi connectivity index (χ2v) is 18.4. The zero-order chi connectivity index (χ0) is 16.4. The third kappa shape index (κ3) is 5.62. The van der Waals surface area contributed by atoms with Crippen molar-refractivity contribution in [3.63, 3.8) is 0 Å². The summed E-state index contributed by atoms with van der Waals surface area (Å²) >= 11 is 0. The van der Waals surface area contributed by atoms with Gasteiger partial charge in [0.2, 0.25) is 0 Å². The molecule has 2 radical (unpaired) electrons. The molecule has 130 valence electrons. The van der Waals surface area contributed by atoms with E-state index in [1.165, 1.54) is 24.6 Å². The van der Waals surface area contributed by atoms with Crippen LogP contribution in [0.15, 0.2) is 46.5 Å². The maximum absolute atomic E-state index is 6.42. The molecule has 0 spiro atoms. The molecule has 2 aliphatic carbocycles. The minimum Gasteiger partial charge on any atom is -0.496 e. The summed E-state index contributed by atoms with van der Waals surface area (Å²) in [6.07, 6.45) is 16.8. The SMILES string of the molecule is C[Si](C)(C)C1=C([Si](C)(C)C)OC2CCCC2=C1.[CH]1C=CC=C1.[Co]. The Bertz CT molecular complexity index is 521. The molecular weight excluding hydrogens is 359 g/mol. The minimum absolute atomic E-state index is 0. The molecule has 0 aromatic rings. The summed E-state index contributed by atoms with van der Waals surface area (Å²) in [5, 5.41) is 3.01. The van der Waals surface area contributed by atoms with Crippen molar-refractivity contribution in [3.05, 3.63) is 53.0 Å². The van der Waals surface area contributed by atoms with Crippen LogP contribution in [0.1, 0.15) is 19.3 Å². The van der Waals surface area contributed by atoms with E-state index in [2.05, 4.69) is 45.4 Å². The second kappa shape index (κ2) is 8.19. The van der Waals surface area contributed by atoms with Crippen LogP contribution in [0.3, 0.4) is 0 Å². The molecule has 4 heteroatoms. The molecular formula is C19H31CoOSi2. The first-order valence-electron chi connectivity index (χ1n) is 8.48. The molecule has 1 atom stereocenters. The van der Waals surface area contributed by atoms with E-state index in [4.69, 9.17) is 4.74 Å². The summed E-state index contributed by atoms with van der Waals surface area (Å²) in [5.41, 5.74) is 1.57. The molecule has 1 fully saturated rings. The number of ether oxygens (including phenoxy) is 1. The van der Waals surface area contributed by atoms with Crippen LogP contribution in [-0.2, 0) is 21.5 Å². The molecule has 23 heavy (non-hydrogen) atoms. The Morgan fingerprint density at radius 3 is 1.96 bits per heavy atom. The van der Waals surface area contributed by atoms with Gasteiger partial charge in [0.1, 0.15) is 14.2 Å². The summed E-state index contributed by atoms with van der Waals surface area (Å²) in [6.45, 7) is 14.6. The molecule has 1 heterocycles. The average molecular weight is 391 g/mol. The van der Waals surface area contributed by atoms with Crippen molar-refractivity contribution >= 4 is 16.1 Å². The van der Waals surface area contributed by atoms with Crippen molar-refractivity contribution in [1.29, 1.82) is 0 Å². The van der Waals surface area contributed by atoms with E-state index >= 15 is 0 Å². The number of hydrogen-bond acceptors (Lipinski definition) is 1. The van der Waals surface area contributed by atoms with Gasteiger partial charge in [0, 0.05) is 23.2 Å². The van der Waals surface area contributed by atoms with Crippen molar-refractivity contribution in [2.45, 2.75) is 64.6 Å². The van der Waals surface area contributed by atoms with E-state index < -0.39 is 16.1 Å². The van der Waals surface area contributed by atoms with E-state index in [1.807, 2.05) is 30.7 Å². The summed E-state index contributed by atoms with van der Waals surface area (Å²) in [5.74, 6) is 0. The molecule has 1 saturated carbocycles. The van der Waals surface area contributed by atoms with E-state index in [9.17, 15) is 0 Å². The summed E-state index contributed by atoms with van der Waals surface area (Å²) < 4.78 is 6.42. The van der Waals surface area contributed by atoms with Crippen molar-refractivity contribution in [1.82, 2.24) is 0 Å². The summed E-state index contributed by atoms with van der Waals surface area (Å²) in [7, 11) is -2.62. The van der Waals surface area contributed by atoms with Crippen LogP contribution in [0, 0.1) is 6.42 Å². The smallest absolute Gasteiger partial charge is 0.122 e. The van der Waals surface area contributed by atoms with Crippen LogP contribution in [0.2, 0.25) is 39.3 Å². The maximum Gasteiger partial charge on any atom is 0.122 e. The van der Waals surface area contributed by atoms with Crippen LogP contribution in [-0.4, -0.2) is 22.3 Å². The van der Waals surface area contributed by atoms with Gasteiger partial charge in [-0.3, -0.25) is 0 Å². The summed E-state index contributed by atoms with van der Waals surface area (Å²) in [4.78, 5) is 0. The predicted octanol–water partition coefficient (Wildman–Crippen LogP) is 5.82. The largest absolute Gasteiger partial charge is 0.496 e. The fourth-order valence-corrected chi connectivity index (χ4v) is 8.04. The van der Waals surface area contributed by atoms with Crippen LogP contribution in [0.5, 0.6) is 0 Å². The van der Waals surface area contributed by atoms with Gasteiger partial charge >= 0.3 is 0 Å². The number of hydrogen-bond donors (Lipinski definition) is 0. The third-order valence-corrected chi connectivity index (χ3v) is 8.21. The van der Waals surface area contributed by atoms with Gasteiger partial charge in [-0.05, 0) is 30.0 Å². The third-order valence-electron chi connectivity index (χ3n) is 4.22. The first-order valence-corrected chi connectivity index (χ1v) is 15.5. The van der Waals surface area contributed by atoms with Crippen molar-refractivity contribution < 1.29 is 21.5 Å². The van der Waals surface area contributed by atoms with Gasteiger partial charge in [-0.2, -0.15) is 0 Å². The monoisotopic (exact) mass is 390 g/mol. The minimum atomic E-state index is -1.34. The molecule has 1 unspecified atom stereocenters. The molecule has 1 nitrogen and oxygen atoms in total. The quantitative estimate of drug-likeness (QED) is 0.540. The Morgan fingerprint density at radius 2 is 1.52 bits per heavy atom. The van der Waals surface area contributed by atoms with Gasteiger partial charge < -0.3 is 4.74 Å². The van der Waals surface area contributed by atoms with Gasteiger partial charge in [0.05, 0.1) is 13.5 Å². The Labute approximate surface area is 155 Å². The molecule has 0 amide bonds. The zero-order valence-electron chi connectivity index (χ0n) is 15.4. The Balaban J connectivity index is 0.000000377. The predicted molar refractivity (Wildman–Crippen MR) is 103 cm³/mol. The maximum atomic E-state index is 6.42. The second-order valence-electron chi connectivity index (χ2n) is 8.42. The van der Waals surface area contributed by atoms with Crippen LogP contribution < -0.4 is 0 Å². The number of rotatable bonds is 2. The molecule has 1 aliphatic heterocycles. The van der Waals surface area contributed by atoms with Gasteiger partial charge in [0.15, 0.2) is 0 Å². The van der Waals surface area contributed by atoms with Crippen LogP contribution in [0.25, 0.3) is 0 Å². The first kappa shape index (κ1) is 20.7. The van der Waals surface area contributed by atoms with Crippen LogP contribution in [0.4, 0.5) is 0 Å². The van der Waals surface area contributed by atoms with Crippen LogP contribution >= 0.6 is 0 Å². The Hall–Kier alpha value is -0.300. The zero-order valence-corrected chi connectivity index (χ0v) is 18.4. The van der Waals surface area contributed by atoms with Gasteiger partial charge in [-0.25, -0.2) is 0 Å². The van der Waals surface area contributed by atoms with Gasteiger partial charge in [0.25, 0.3) is 0 Å². The molecule has 3 rings (SSSR count). The van der Waals surface area contributed by atoms with Crippen molar-refractivity contribution in [2.24, 2.45) is 0 Å². The van der Waals surface area contributed by atoms with Gasteiger partial charge in [-0.15, -0.1) is 0 Å². The van der Waals surface area contributed by atoms with E-state index in [0.29, 0.717) is 6.10 Å². The molecule has 0 aromatic carbocycles.